The van der Waals surface area contributed by atoms with Gasteiger partial charge in [0.05, 0.1) is 16.4 Å². The zero-order chi connectivity index (χ0) is 19.5. The summed E-state index contributed by atoms with van der Waals surface area (Å²) in [5.41, 5.74) is 0.155. The fourth-order valence-electron chi connectivity index (χ4n) is 3.16. The van der Waals surface area contributed by atoms with Gasteiger partial charge >= 0.3 is 0 Å². The lowest BCUT2D eigenvalue weighted by atomic mass is 9.98. The van der Waals surface area contributed by atoms with Gasteiger partial charge in [0.25, 0.3) is 10.1 Å². The van der Waals surface area contributed by atoms with E-state index >= 15 is 0 Å². The molecule has 2 unspecified atom stereocenters. The van der Waals surface area contributed by atoms with Crippen molar-refractivity contribution in [2.45, 2.75) is 23.8 Å². The minimum Gasteiger partial charge on any atom is -0.365 e. The summed E-state index contributed by atoms with van der Waals surface area (Å²) in [7, 11) is -3.67. The number of aliphatic hydroxyl groups is 1. The molecule has 2 atom stereocenters. The number of amidine groups is 1. The molecule has 0 bridgehead atoms. The molecular formula is C18H22N2O4S3. The van der Waals surface area contributed by atoms with Crippen molar-refractivity contribution in [3.63, 3.8) is 0 Å². The predicted molar refractivity (Wildman–Crippen MR) is 111 cm³/mol. The summed E-state index contributed by atoms with van der Waals surface area (Å²) in [6, 6.07) is 14.3. The molecular weight excluding hydrogens is 404 g/mol. The van der Waals surface area contributed by atoms with Crippen molar-refractivity contribution in [1.29, 1.82) is 0 Å². The Morgan fingerprint density at radius 3 is 2.52 bits per heavy atom. The standard InChI is InChI=1S/C17H18N2OS2.CH4O3S/c20-17(14-9-6-12-21-14)15(13-7-2-1-3-8-13)22-16-18-10-4-5-11-19(16)17;1-5(2,3)4/h1-3,6-9,12,15,20H,4-5,10-11H2;1H3,(H,2,3,4). The molecule has 146 valence electrons. The third kappa shape index (κ3) is 4.72. The highest BCUT2D eigenvalue weighted by molar-refractivity contribution is 8.14. The van der Waals surface area contributed by atoms with Crippen LogP contribution < -0.4 is 0 Å². The molecule has 1 saturated heterocycles. The summed E-state index contributed by atoms with van der Waals surface area (Å²) in [4.78, 5) is 7.84. The molecule has 0 amide bonds. The van der Waals surface area contributed by atoms with Gasteiger partial charge < -0.3 is 10.0 Å². The van der Waals surface area contributed by atoms with Crippen molar-refractivity contribution in [1.82, 2.24) is 4.90 Å². The molecule has 2 N–H and O–H groups in total. The Bertz CT molecular complexity index is 877. The number of rotatable bonds is 2. The highest BCUT2D eigenvalue weighted by Gasteiger charge is 2.53. The van der Waals surface area contributed by atoms with Crippen LogP contribution in [0.4, 0.5) is 0 Å². The minimum absolute atomic E-state index is 0.0378. The molecule has 3 heterocycles. The van der Waals surface area contributed by atoms with Gasteiger partial charge in [0.15, 0.2) is 10.9 Å². The first-order chi connectivity index (χ1) is 12.8. The van der Waals surface area contributed by atoms with Gasteiger partial charge in [0.1, 0.15) is 0 Å². The topological polar surface area (TPSA) is 90.2 Å². The minimum atomic E-state index is -3.67. The van der Waals surface area contributed by atoms with E-state index in [4.69, 9.17) is 9.55 Å². The number of thioether (sulfide) groups is 1. The third-order valence-electron chi connectivity index (χ3n) is 4.25. The second-order valence-corrected chi connectivity index (χ2v) is 9.85. The number of thiophene rings is 1. The van der Waals surface area contributed by atoms with E-state index in [1.807, 2.05) is 35.7 Å². The zero-order valence-electron chi connectivity index (χ0n) is 14.9. The maximum absolute atomic E-state index is 11.7. The van der Waals surface area contributed by atoms with E-state index in [-0.39, 0.29) is 5.25 Å². The summed E-state index contributed by atoms with van der Waals surface area (Å²) in [6.45, 7) is 1.73. The SMILES string of the molecule is CS(=O)(=O)O.OC1(c2cccs2)C(c2ccccc2)SC2=NCCCCN21. The van der Waals surface area contributed by atoms with Gasteiger partial charge in [-0.2, -0.15) is 8.42 Å². The molecule has 27 heavy (non-hydrogen) atoms. The summed E-state index contributed by atoms with van der Waals surface area (Å²) in [6.07, 6.45) is 2.88. The van der Waals surface area contributed by atoms with Crippen molar-refractivity contribution in [3.8, 4) is 0 Å². The van der Waals surface area contributed by atoms with E-state index in [0.29, 0.717) is 6.26 Å². The maximum atomic E-state index is 11.7. The molecule has 9 heteroatoms. The molecule has 0 radical (unpaired) electrons. The quantitative estimate of drug-likeness (QED) is 0.716. The summed E-state index contributed by atoms with van der Waals surface area (Å²) >= 11 is 3.32. The van der Waals surface area contributed by atoms with Gasteiger partial charge in [-0.25, -0.2) is 0 Å². The zero-order valence-corrected chi connectivity index (χ0v) is 17.3. The van der Waals surface area contributed by atoms with Crippen molar-refractivity contribution in [2.24, 2.45) is 4.99 Å². The first-order valence-electron chi connectivity index (χ1n) is 8.52. The van der Waals surface area contributed by atoms with E-state index in [0.717, 1.165) is 41.5 Å². The number of hydrogen-bond acceptors (Lipinski definition) is 7. The van der Waals surface area contributed by atoms with Gasteiger partial charge in [-0.15, -0.1) is 11.3 Å². The van der Waals surface area contributed by atoms with E-state index in [2.05, 4.69) is 17.0 Å². The highest BCUT2D eigenvalue weighted by atomic mass is 32.2. The molecule has 4 rings (SSSR count). The summed E-state index contributed by atoms with van der Waals surface area (Å²) in [5, 5.41) is 14.7. The molecule has 2 aliphatic rings. The van der Waals surface area contributed by atoms with Crippen LogP contribution in [0.25, 0.3) is 0 Å². The Morgan fingerprint density at radius 1 is 1.19 bits per heavy atom. The van der Waals surface area contributed by atoms with E-state index in [9.17, 15) is 13.5 Å². The van der Waals surface area contributed by atoms with Crippen LogP contribution in [0.3, 0.4) is 0 Å². The Morgan fingerprint density at radius 2 is 1.89 bits per heavy atom. The van der Waals surface area contributed by atoms with Crippen LogP contribution in [-0.4, -0.2) is 47.5 Å². The molecule has 0 aliphatic carbocycles. The van der Waals surface area contributed by atoms with Crippen LogP contribution in [-0.2, 0) is 15.8 Å². The van der Waals surface area contributed by atoms with Crippen LogP contribution in [0.2, 0.25) is 0 Å². The monoisotopic (exact) mass is 426 g/mol. The molecule has 2 aromatic rings. The normalized spacial score (nSPS) is 25.1. The van der Waals surface area contributed by atoms with Gasteiger partial charge in [-0.05, 0) is 29.9 Å². The van der Waals surface area contributed by atoms with E-state index < -0.39 is 15.8 Å². The molecule has 0 saturated carbocycles. The first-order valence-corrected chi connectivity index (χ1v) is 12.1. The van der Waals surface area contributed by atoms with Gasteiger partial charge in [-0.3, -0.25) is 9.55 Å². The molecule has 1 aromatic heterocycles. The first kappa shape index (κ1) is 20.3. The lowest BCUT2D eigenvalue weighted by Crippen LogP contribution is -2.45. The van der Waals surface area contributed by atoms with E-state index in [1.165, 1.54) is 0 Å². The maximum Gasteiger partial charge on any atom is 0.261 e. The average molecular weight is 427 g/mol. The van der Waals surface area contributed by atoms with Crippen molar-refractivity contribution in [2.75, 3.05) is 19.3 Å². The van der Waals surface area contributed by atoms with Gasteiger partial charge in [0.2, 0.25) is 0 Å². The van der Waals surface area contributed by atoms with Gasteiger partial charge in [0, 0.05) is 13.1 Å². The smallest absolute Gasteiger partial charge is 0.261 e. The predicted octanol–water partition coefficient (Wildman–Crippen LogP) is 3.34. The van der Waals surface area contributed by atoms with Crippen molar-refractivity contribution < 1.29 is 18.1 Å². The second kappa shape index (κ2) is 8.32. The number of benzene rings is 1. The summed E-state index contributed by atoms with van der Waals surface area (Å²) < 4.78 is 25.9. The molecule has 1 aromatic carbocycles. The Hall–Kier alpha value is -1.39. The molecule has 0 spiro atoms. The average Bonchev–Trinajstić information content (AvgIpc) is 3.16. The highest BCUT2D eigenvalue weighted by Crippen LogP contribution is 2.55. The fourth-order valence-corrected chi connectivity index (χ4v) is 5.55. The fraction of sp³-hybridized carbons (Fsp3) is 0.389. The molecule has 2 aliphatic heterocycles. The lowest BCUT2D eigenvalue weighted by Gasteiger charge is -2.36. The largest absolute Gasteiger partial charge is 0.365 e. The number of aliphatic imine (C=N–C) groups is 1. The van der Waals surface area contributed by atoms with Crippen molar-refractivity contribution >= 4 is 38.4 Å². The number of hydrogen-bond donors (Lipinski definition) is 2. The van der Waals surface area contributed by atoms with Gasteiger partial charge in [-0.1, -0.05) is 48.2 Å². The number of fused-ring (bicyclic) bond motifs is 1. The van der Waals surface area contributed by atoms with Crippen LogP contribution in [0.15, 0.2) is 52.8 Å². The number of nitrogens with zero attached hydrogens (tertiary/aromatic N) is 2. The summed E-state index contributed by atoms with van der Waals surface area (Å²) in [5.74, 6) is 0. The Kier molecular flexibility index (Phi) is 6.27. The Balaban J connectivity index is 0.000000376. The van der Waals surface area contributed by atoms with Crippen molar-refractivity contribution in [3.05, 3.63) is 58.3 Å². The Labute approximate surface area is 167 Å². The van der Waals surface area contributed by atoms with E-state index in [1.54, 1.807) is 23.1 Å². The van der Waals surface area contributed by atoms with Crippen LogP contribution in [0, 0.1) is 0 Å². The van der Waals surface area contributed by atoms with Crippen LogP contribution >= 0.6 is 23.1 Å². The second-order valence-electron chi connectivity index (χ2n) is 6.37. The molecule has 6 nitrogen and oxygen atoms in total. The molecule has 1 fully saturated rings. The lowest BCUT2D eigenvalue weighted by molar-refractivity contribution is -0.0680. The van der Waals surface area contributed by atoms with Crippen LogP contribution in [0.1, 0.15) is 28.5 Å². The third-order valence-corrected chi connectivity index (χ3v) is 6.63. The van der Waals surface area contributed by atoms with Crippen LogP contribution in [0.5, 0.6) is 0 Å².